The number of amides is 1. The molecule has 4 nitrogen and oxygen atoms in total. The Balaban J connectivity index is 1.76. The van der Waals surface area contributed by atoms with E-state index in [1.807, 2.05) is 6.07 Å². The van der Waals surface area contributed by atoms with Crippen LogP contribution in [0.15, 0.2) is 42.5 Å². The van der Waals surface area contributed by atoms with Crippen LogP contribution < -0.4 is 5.32 Å². The zero-order valence-electron chi connectivity index (χ0n) is 11.9. The number of ether oxygens (including phenoxy) is 1. The van der Waals surface area contributed by atoms with Gasteiger partial charge in [-0.25, -0.2) is 9.18 Å². The molecule has 1 atom stereocenters. The van der Waals surface area contributed by atoms with Crippen molar-refractivity contribution in [2.24, 2.45) is 0 Å². The maximum absolute atomic E-state index is 13.5. The fraction of sp³-hybridized carbons (Fsp3) is 0.176. The van der Waals surface area contributed by atoms with Crippen LogP contribution in [0.5, 0.6) is 0 Å². The van der Waals surface area contributed by atoms with Gasteiger partial charge in [0.15, 0.2) is 6.10 Å². The van der Waals surface area contributed by atoms with Gasteiger partial charge in [0.1, 0.15) is 5.82 Å². The molecule has 22 heavy (non-hydrogen) atoms. The molecule has 0 saturated heterocycles. The van der Waals surface area contributed by atoms with Gasteiger partial charge in [-0.1, -0.05) is 24.3 Å². The lowest BCUT2D eigenvalue weighted by molar-refractivity contribution is -0.125. The Hall–Kier alpha value is -2.69. The average molecular weight is 299 g/mol. The standard InChI is InChI=1S/C17H14FNO3/c1-10-6-7-12(9-14(10)18)19-16(20)15-8-11-4-2-3-5-13(11)17(21)22-15/h2-7,9,15H,8H2,1H3,(H,19,20). The summed E-state index contributed by atoms with van der Waals surface area (Å²) in [5.41, 5.74) is 2.08. The van der Waals surface area contributed by atoms with Crippen molar-refractivity contribution in [1.82, 2.24) is 0 Å². The van der Waals surface area contributed by atoms with Gasteiger partial charge in [-0.3, -0.25) is 4.79 Å². The van der Waals surface area contributed by atoms with E-state index in [1.165, 1.54) is 6.07 Å². The van der Waals surface area contributed by atoms with Gasteiger partial charge in [-0.05, 0) is 36.2 Å². The van der Waals surface area contributed by atoms with Crippen molar-refractivity contribution in [3.05, 3.63) is 65.0 Å². The summed E-state index contributed by atoms with van der Waals surface area (Å²) in [6.45, 7) is 1.64. The summed E-state index contributed by atoms with van der Waals surface area (Å²) in [5.74, 6) is -1.38. The van der Waals surface area contributed by atoms with E-state index in [0.29, 0.717) is 23.2 Å². The van der Waals surface area contributed by atoms with Gasteiger partial charge in [-0.2, -0.15) is 0 Å². The first kappa shape index (κ1) is 14.3. The zero-order chi connectivity index (χ0) is 15.7. The summed E-state index contributed by atoms with van der Waals surface area (Å²) in [5, 5.41) is 2.57. The van der Waals surface area contributed by atoms with E-state index in [2.05, 4.69) is 5.32 Å². The molecule has 5 heteroatoms. The summed E-state index contributed by atoms with van der Waals surface area (Å²) >= 11 is 0. The topological polar surface area (TPSA) is 55.4 Å². The number of rotatable bonds is 2. The molecule has 0 bridgehead atoms. The molecule has 0 aromatic heterocycles. The summed E-state index contributed by atoms with van der Waals surface area (Å²) in [6.07, 6.45) is -0.603. The minimum absolute atomic E-state index is 0.308. The minimum Gasteiger partial charge on any atom is -0.448 e. The van der Waals surface area contributed by atoms with Crippen LogP contribution in [0.3, 0.4) is 0 Å². The van der Waals surface area contributed by atoms with Crippen molar-refractivity contribution in [1.29, 1.82) is 0 Å². The van der Waals surface area contributed by atoms with Crippen LogP contribution in [-0.4, -0.2) is 18.0 Å². The minimum atomic E-state index is -0.910. The zero-order valence-corrected chi connectivity index (χ0v) is 11.9. The SMILES string of the molecule is Cc1ccc(NC(=O)C2Cc3ccccc3C(=O)O2)cc1F. The summed E-state index contributed by atoms with van der Waals surface area (Å²) in [4.78, 5) is 24.1. The third-order valence-corrected chi connectivity index (χ3v) is 3.62. The summed E-state index contributed by atoms with van der Waals surface area (Å²) in [6, 6.07) is 11.4. The highest BCUT2D eigenvalue weighted by molar-refractivity contribution is 6.00. The van der Waals surface area contributed by atoms with Crippen molar-refractivity contribution in [3.8, 4) is 0 Å². The molecule has 1 amide bonds. The number of halogens is 1. The highest BCUT2D eigenvalue weighted by Gasteiger charge is 2.31. The number of carbonyl (C=O) groups excluding carboxylic acids is 2. The van der Waals surface area contributed by atoms with E-state index in [4.69, 9.17) is 4.74 Å². The first-order chi connectivity index (χ1) is 10.5. The van der Waals surface area contributed by atoms with E-state index in [0.717, 1.165) is 5.56 Å². The predicted octanol–water partition coefficient (Wildman–Crippen LogP) is 2.85. The lowest BCUT2D eigenvalue weighted by atomic mass is 9.98. The van der Waals surface area contributed by atoms with Gasteiger partial charge in [0.25, 0.3) is 5.91 Å². The summed E-state index contributed by atoms with van der Waals surface area (Å²) < 4.78 is 18.7. The first-order valence-electron chi connectivity index (χ1n) is 6.90. The molecule has 0 aliphatic carbocycles. The molecule has 0 fully saturated rings. The van der Waals surface area contributed by atoms with Crippen molar-refractivity contribution in [2.75, 3.05) is 5.32 Å². The Labute approximate surface area is 126 Å². The van der Waals surface area contributed by atoms with Gasteiger partial charge < -0.3 is 10.1 Å². The van der Waals surface area contributed by atoms with E-state index >= 15 is 0 Å². The predicted molar refractivity (Wildman–Crippen MR) is 79.1 cm³/mol. The number of fused-ring (bicyclic) bond motifs is 1. The van der Waals surface area contributed by atoms with Gasteiger partial charge in [0.05, 0.1) is 5.56 Å². The maximum atomic E-state index is 13.5. The van der Waals surface area contributed by atoms with Crippen molar-refractivity contribution in [3.63, 3.8) is 0 Å². The number of carbonyl (C=O) groups is 2. The highest BCUT2D eigenvalue weighted by Crippen LogP contribution is 2.22. The molecule has 112 valence electrons. The van der Waals surface area contributed by atoms with E-state index < -0.39 is 23.8 Å². The lowest BCUT2D eigenvalue weighted by Gasteiger charge is -2.23. The molecule has 2 aromatic carbocycles. The lowest BCUT2D eigenvalue weighted by Crippen LogP contribution is -2.37. The molecule has 0 radical (unpaired) electrons. The Morgan fingerprint density at radius 1 is 1.27 bits per heavy atom. The third-order valence-electron chi connectivity index (χ3n) is 3.62. The molecule has 1 aliphatic heterocycles. The molecule has 1 heterocycles. The number of hydrogen-bond acceptors (Lipinski definition) is 3. The Morgan fingerprint density at radius 2 is 2.05 bits per heavy atom. The second-order valence-corrected chi connectivity index (χ2v) is 5.21. The van der Waals surface area contributed by atoms with Crippen LogP contribution in [-0.2, 0) is 16.0 Å². The van der Waals surface area contributed by atoms with Gasteiger partial charge >= 0.3 is 5.97 Å². The smallest absolute Gasteiger partial charge is 0.339 e. The molecule has 0 spiro atoms. The number of esters is 1. The Kier molecular flexibility index (Phi) is 3.63. The van der Waals surface area contributed by atoms with E-state index in [-0.39, 0.29) is 0 Å². The largest absolute Gasteiger partial charge is 0.448 e. The van der Waals surface area contributed by atoms with Crippen LogP contribution >= 0.6 is 0 Å². The number of benzene rings is 2. The number of anilines is 1. The van der Waals surface area contributed by atoms with Crippen LogP contribution in [0.1, 0.15) is 21.5 Å². The molecule has 1 aliphatic rings. The van der Waals surface area contributed by atoms with E-state index in [9.17, 15) is 14.0 Å². The van der Waals surface area contributed by atoms with Crippen LogP contribution in [0.25, 0.3) is 0 Å². The van der Waals surface area contributed by atoms with Crippen LogP contribution in [0.4, 0.5) is 10.1 Å². The van der Waals surface area contributed by atoms with Gasteiger partial charge in [-0.15, -0.1) is 0 Å². The van der Waals surface area contributed by atoms with Crippen molar-refractivity contribution >= 4 is 17.6 Å². The molecule has 2 aromatic rings. The number of hydrogen-bond donors (Lipinski definition) is 1. The monoisotopic (exact) mass is 299 g/mol. The highest BCUT2D eigenvalue weighted by atomic mass is 19.1. The van der Waals surface area contributed by atoms with E-state index in [1.54, 1.807) is 37.3 Å². The van der Waals surface area contributed by atoms with Gasteiger partial charge in [0, 0.05) is 12.1 Å². The van der Waals surface area contributed by atoms with Crippen LogP contribution in [0, 0.1) is 12.7 Å². The van der Waals surface area contributed by atoms with Gasteiger partial charge in [0.2, 0.25) is 0 Å². The molecule has 3 rings (SSSR count). The average Bonchev–Trinajstić information content (AvgIpc) is 2.51. The van der Waals surface area contributed by atoms with Crippen molar-refractivity contribution in [2.45, 2.75) is 19.4 Å². The molecular formula is C17H14FNO3. The molecule has 1 N–H and O–H groups in total. The fourth-order valence-corrected chi connectivity index (χ4v) is 2.37. The molecule has 0 saturated carbocycles. The quantitative estimate of drug-likeness (QED) is 0.868. The number of aryl methyl sites for hydroxylation is 1. The molecular weight excluding hydrogens is 285 g/mol. The summed E-state index contributed by atoms with van der Waals surface area (Å²) in [7, 11) is 0. The molecule has 1 unspecified atom stereocenters. The first-order valence-corrected chi connectivity index (χ1v) is 6.90. The van der Waals surface area contributed by atoms with Crippen LogP contribution in [0.2, 0.25) is 0 Å². The third kappa shape index (κ3) is 2.70. The van der Waals surface area contributed by atoms with Crippen molar-refractivity contribution < 1.29 is 18.7 Å². The normalized spacial score (nSPS) is 16.6. The number of nitrogens with one attached hydrogen (secondary N) is 1. The number of cyclic esters (lactones) is 1. The second kappa shape index (κ2) is 5.60. The second-order valence-electron chi connectivity index (χ2n) is 5.21. The Bertz CT molecular complexity index is 757. The maximum Gasteiger partial charge on any atom is 0.339 e. The Morgan fingerprint density at radius 3 is 2.82 bits per heavy atom. The fourth-order valence-electron chi connectivity index (χ4n) is 2.37.